The SMILES string of the molecule is CC1(C)COB(OCc2cc(Oc3ccc(C#N)cc3)ccc2[NH3+])OC1. The fourth-order valence-corrected chi connectivity index (χ4v) is 2.46. The molecule has 0 amide bonds. The van der Waals surface area contributed by atoms with E-state index < -0.39 is 7.32 Å². The molecule has 2 aromatic rings. The summed E-state index contributed by atoms with van der Waals surface area (Å²) in [5, 5.41) is 8.85. The van der Waals surface area contributed by atoms with Crippen LogP contribution in [0.1, 0.15) is 25.0 Å². The molecule has 0 bridgehead atoms. The fraction of sp³-hybridized carbons (Fsp3) is 0.316. The Morgan fingerprint density at radius 2 is 1.77 bits per heavy atom. The molecule has 1 saturated heterocycles. The summed E-state index contributed by atoms with van der Waals surface area (Å²) in [5.41, 5.74) is 6.38. The van der Waals surface area contributed by atoms with E-state index in [-0.39, 0.29) is 5.41 Å². The van der Waals surface area contributed by atoms with Gasteiger partial charge < -0.3 is 24.4 Å². The molecule has 2 aromatic carbocycles. The van der Waals surface area contributed by atoms with Crippen LogP contribution in [0, 0.1) is 16.7 Å². The highest BCUT2D eigenvalue weighted by molar-refractivity contribution is 6.36. The van der Waals surface area contributed by atoms with Crippen molar-refractivity contribution < 1.29 is 24.4 Å². The summed E-state index contributed by atoms with van der Waals surface area (Å²) in [4.78, 5) is 0. The topological polar surface area (TPSA) is 88.4 Å². The molecule has 0 saturated carbocycles. The first-order valence-electron chi connectivity index (χ1n) is 8.43. The van der Waals surface area contributed by atoms with Gasteiger partial charge in [0.25, 0.3) is 0 Å². The molecule has 1 fully saturated rings. The Hall–Kier alpha value is -2.37. The first-order valence-corrected chi connectivity index (χ1v) is 8.43. The van der Waals surface area contributed by atoms with Gasteiger partial charge in [0.1, 0.15) is 17.2 Å². The van der Waals surface area contributed by atoms with Crippen LogP contribution in [0.4, 0.5) is 5.69 Å². The summed E-state index contributed by atoms with van der Waals surface area (Å²) in [5.74, 6) is 1.33. The molecular weight excluding hydrogens is 331 g/mol. The Balaban J connectivity index is 1.61. The number of ether oxygens (including phenoxy) is 1. The summed E-state index contributed by atoms with van der Waals surface area (Å²) >= 11 is 0. The second kappa shape index (κ2) is 7.89. The van der Waals surface area contributed by atoms with Crippen molar-refractivity contribution in [3.8, 4) is 17.6 Å². The molecule has 7 heteroatoms. The molecule has 0 aliphatic carbocycles. The lowest BCUT2D eigenvalue weighted by atomic mass is 9.93. The fourth-order valence-electron chi connectivity index (χ4n) is 2.46. The summed E-state index contributed by atoms with van der Waals surface area (Å²) in [6, 6.07) is 14.6. The molecule has 1 aliphatic heterocycles. The van der Waals surface area contributed by atoms with Crippen molar-refractivity contribution in [3.05, 3.63) is 53.6 Å². The summed E-state index contributed by atoms with van der Waals surface area (Å²) in [7, 11) is -0.662. The first kappa shape index (κ1) is 18.4. The van der Waals surface area contributed by atoms with Crippen LogP contribution in [0.3, 0.4) is 0 Å². The maximum atomic E-state index is 8.85. The predicted molar refractivity (Wildman–Crippen MR) is 96.4 cm³/mol. The normalized spacial score (nSPS) is 16.2. The third-order valence-corrected chi connectivity index (χ3v) is 3.99. The van der Waals surface area contributed by atoms with Gasteiger partial charge in [0, 0.05) is 30.3 Å². The number of nitrogens with zero attached hydrogens (tertiary/aromatic N) is 1. The van der Waals surface area contributed by atoms with E-state index in [1.54, 1.807) is 24.3 Å². The monoisotopic (exact) mass is 353 g/mol. The van der Waals surface area contributed by atoms with Crippen LogP contribution in [0.5, 0.6) is 11.5 Å². The van der Waals surface area contributed by atoms with Gasteiger partial charge in [0.2, 0.25) is 0 Å². The van der Waals surface area contributed by atoms with Crippen LogP contribution in [-0.2, 0) is 20.6 Å². The van der Waals surface area contributed by atoms with Crippen molar-refractivity contribution in [2.45, 2.75) is 20.5 Å². The van der Waals surface area contributed by atoms with E-state index >= 15 is 0 Å². The van der Waals surface area contributed by atoms with E-state index in [0.29, 0.717) is 36.9 Å². The summed E-state index contributed by atoms with van der Waals surface area (Å²) in [6.07, 6.45) is 0. The van der Waals surface area contributed by atoms with E-state index in [2.05, 4.69) is 25.7 Å². The van der Waals surface area contributed by atoms with Crippen molar-refractivity contribution >= 4 is 13.0 Å². The maximum absolute atomic E-state index is 8.85. The highest BCUT2D eigenvalue weighted by Gasteiger charge is 2.34. The molecule has 0 atom stereocenters. The molecular formula is C19H22BN2O4+. The number of benzene rings is 2. The zero-order chi connectivity index (χ0) is 18.6. The third kappa shape index (κ3) is 4.84. The standard InChI is InChI=1S/C19H21BN2O4/c1-19(2)12-24-20(25-13-19)23-11-15-9-17(7-8-18(15)22)26-16-5-3-14(10-21)4-6-16/h3-9H,11-13,22H2,1-2H3/p+1. The number of quaternary nitrogens is 1. The van der Waals surface area contributed by atoms with Crippen LogP contribution in [0.2, 0.25) is 0 Å². The van der Waals surface area contributed by atoms with Gasteiger partial charge in [0.05, 0.1) is 18.2 Å². The predicted octanol–water partition coefficient (Wildman–Crippen LogP) is 2.80. The van der Waals surface area contributed by atoms with E-state index in [4.69, 9.17) is 24.0 Å². The smallest absolute Gasteiger partial charge is 0.457 e. The van der Waals surface area contributed by atoms with Crippen molar-refractivity contribution in [3.63, 3.8) is 0 Å². The molecule has 3 rings (SSSR count). The Bertz CT molecular complexity index is 792. The average molecular weight is 353 g/mol. The number of hydrogen-bond donors (Lipinski definition) is 1. The molecule has 1 aliphatic rings. The van der Waals surface area contributed by atoms with Crippen molar-refractivity contribution in [1.29, 1.82) is 5.26 Å². The van der Waals surface area contributed by atoms with Gasteiger partial charge in [-0.25, -0.2) is 0 Å². The molecule has 0 aromatic heterocycles. The minimum Gasteiger partial charge on any atom is -0.457 e. The molecule has 6 nitrogen and oxygen atoms in total. The van der Waals surface area contributed by atoms with Crippen LogP contribution in [0.25, 0.3) is 0 Å². The van der Waals surface area contributed by atoms with Gasteiger partial charge >= 0.3 is 7.32 Å². The van der Waals surface area contributed by atoms with Crippen LogP contribution >= 0.6 is 0 Å². The second-order valence-electron chi connectivity index (χ2n) is 7.05. The lowest BCUT2D eigenvalue weighted by Crippen LogP contribution is -2.43. The molecule has 1 heterocycles. The van der Waals surface area contributed by atoms with E-state index in [9.17, 15) is 0 Å². The van der Waals surface area contributed by atoms with Gasteiger partial charge in [-0.05, 0) is 36.4 Å². The van der Waals surface area contributed by atoms with Crippen LogP contribution < -0.4 is 10.5 Å². The average Bonchev–Trinajstić information content (AvgIpc) is 2.64. The van der Waals surface area contributed by atoms with E-state index in [1.165, 1.54) is 0 Å². The van der Waals surface area contributed by atoms with E-state index in [1.807, 2.05) is 18.2 Å². The number of nitriles is 1. The lowest BCUT2D eigenvalue weighted by molar-refractivity contribution is -0.256. The molecule has 0 spiro atoms. The third-order valence-electron chi connectivity index (χ3n) is 3.99. The van der Waals surface area contributed by atoms with Crippen LogP contribution in [0.15, 0.2) is 42.5 Å². The van der Waals surface area contributed by atoms with Crippen molar-refractivity contribution in [1.82, 2.24) is 0 Å². The molecule has 0 radical (unpaired) electrons. The molecule has 0 unspecified atom stereocenters. The minimum absolute atomic E-state index is 0.00613. The Morgan fingerprint density at radius 3 is 2.42 bits per heavy atom. The zero-order valence-electron chi connectivity index (χ0n) is 15.0. The van der Waals surface area contributed by atoms with Crippen molar-refractivity contribution in [2.75, 3.05) is 13.2 Å². The van der Waals surface area contributed by atoms with Crippen molar-refractivity contribution in [2.24, 2.45) is 5.41 Å². The summed E-state index contributed by atoms with van der Waals surface area (Å²) < 4.78 is 22.7. The second-order valence-corrected chi connectivity index (χ2v) is 7.05. The van der Waals surface area contributed by atoms with Gasteiger partial charge in [-0.15, -0.1) is 0 Å². The first-order chi connectivity index (χ1) is 12.4. The van der Waals surface area contributed by atoms with E-state index in [0.717, 1.165) is 11.3 Å². The highest BCUT2D eigenvalue weighted by Crippen LogP contribution is 2.26. The lowest BCUT2D eigenvalue weighted by Gasteiger charge is -2.32. The van der Waals surface area contributed by atoms with Gasteiger partial charge in [-0.3, -0.25) is 0 Å². The Morgan fingerprint density at radius 1 is 1.12 bits per heavy atom. The zero-order valence-corrected chi connectivity index (χ0v) is 15.0. The highest BCUT2D eigenvalue weighted by atomic mass is 16.7. The van der Waals surface area contributed by atoms with Gasteiger partial charge in [-0.1, -0.05) is 13.8 Å². The molecule has 134 valence electrons. The van der Waals surface area contributed by atoms with Gasteiger partial charge in [0.15, 0.2) is 0 Å². The molecule has 26 heavy (non-hydrogen) atoms. The quantitative estimate of drug-likeness (QED) is 0.835. The maximum Gasteiger partial charge on any atom is 0.639 e. The van der Waals surface area contributed by atoms with Crippen LogP contribution in [-0.4, -0.2) is 20.5 Å². The Labute approximate surface area is 153 Å². The number of hydrogen-bond acceptors (Lipinski definition) is 5. The largest absolute Gasteiger partial charge is 0.639 e. The summed E-state index contributed by atoms with van der Waals surface area (Å²) in [6.45, 7) is 5.67. The Kier molecular flexibility index (Phi) is 5.59. The minimum atomic E-state index is -0.662. The number of rotatable bonds is 5. The molecule has 3 N–H and O–H groups in total. The van der Waals surface area contributed by atoms with Gasteiger partial charge in [-0.2, -0.15) is 5.26 Å².